The molecule has 2 heterocycles. The number of nitrogens with zero attached hydrogens (tertiary/aromatic N) is 4. The van der Waals surface area contributed by atoms with Crippen molar-refractivity contribution in [2.45, 2.75) is 25.8 Å². The summed E-state index contributed by atoms with van der Waals surface area (Å²) in [6, 6.07) is 4.05. The minimum absolute atomic E-state index is 0.103. The van der Waals surface area contributed by atoms with Crippen LogP contribution in [0.2, 0.25) is 0 Å². The molecule has 26 heavy (non-hydrogen) atoms. The molecule has 9 nitrogen and oxygen atoms in total. The number of carbonyl (C=O) groups excluding carboxylic acids is 1. The lowest BCUT2D eigenvalue weighted by Gasteiger charge is -2.24. The molecule has 2 aromatic rings. The zero-order chi connectivity index (χ0) is 18.5. The van der Waals surface area contributed by atoms with Crippen LogP contribution in [0.1, 0.15) is 34.6 Å². The molecule has 138 valence electrons. The molecule has 1 amide bonds. The van der Waals surface area contributed by atoms with Gasteiger partial charge in [0.2, 0.25) is 5.13 Å². The number of piperidine rings is 1. The van der Waals surface area contributed by atoms with Crippen LogP contribution in [0.5, 0.6) is 5.75 Å². The second-order valence-electron chi connectivity index (χ2n) is 5.94. The molecular formula is C16H19N5O4S. The quantitative estimate of drug-likeness (QED) is 0.608. The number of benzene rings is 1. The third-order valence-electron chi connectivity index (χ3n) is 4.13. The van der Waals surface area contributed by atoms with Gasteiger partial charge in [0.25, 0.3) is 5.91 Å². The second-order valence-corrected chi connectivity index (χ2v) is 7.00. The number of methoxy groups -OCH3 is 1. The summed E-state index contributed by atoms with van der Waals surface area (Å²) in [6.07, 6.45) is 3.65. The molecule has 1 aromatic heterocycles. The Bertz CT molecular complexity index is 804. The van der Waals surface area contributed by atoms with Gasteiger partial charge >= 0.3 is 5.69 Å². The molecule has 1 aromatic carbocycles. The van der Waals surface area contributed by atoms with Crippen LogP contribution in [0, 0.1) is 10.1 Å². The van der Waals surface area contributed by atoms with Gasteiger partial charge in [0, 0.05) is 11.6 Å². The largest absolute Gasteiger partial charge is 0.490 e. The molecule has 0 atom stereocenters. The SMILES string of the molecule is COc1ccc(C(=O)Nc2nnc(CN3CCCCC3)s2)cc1[N+](=O)[O-]. The number of anilines is 1. The van der Waals surface area contributed by atoms with E-state index in [9.17, 15) is 14.9 Å². The van der Waals surface area contributed by atoms with E-state index in [0.717, 1.165) is 24.6 Å². The Morgan fingerprint density at radius 1 is 1.35 bits per heavy atom. The third kappa shape index (κ3) is 4.33. The zero-order valence-corrected chi connectivity index (χ0v) is 15.1. The van der Waals surface area contributed by atoms with Gasteiger partial charge in [-0.05, 0) is 38.1 Å². The predicted molar refractivity (Wildman–Crippen MR) is 96.6 cm³/mol. The smallest absolute Gasteiger partial charge is 0.311 e. The van der Waals surface area contributed by atoms with E-state index in [1.54, 1.807) is 0 Å². The van der Waals surface area contributed by atoms with E-state index in [1.807, 2.05) is 0 Å². The number of hydrogen-bond acceptors (Lipinski definition) is 8. The summed E-state index contributed by atoms with van der Waals surface area (Å²) in [5.74, 6) is -0.372. The Balaban J connectivity index is 1.66. The predicted octanol–water partition coefficient (Wildman–Crippen LogP) is 2.69. The van der Waals surface area contributed by atoms with E-state index in [-0.39, 0.29) is 17.0 Å². The fraction of sp³-hybridized carbons (Fsp3) is 0.438. The fourth-order valence-corrected chi connectivity index (χ4v) is 3.60. The maximum Gasteiger partial charge on any atom is 0.311 e. The molecule has 1 aliphatic heterocycles. The van der Waals surface area contributed by atoms with Gasteiger partial charge in [0.15, 0.2) is 5.75 Å². The van der Waals surface area contributed by atoms with Crippen LogP contribution < -0.4 is 10.1 Å². The van der Waals surface area contributed by atoms with Gasteiger partial charge in [-0.3, -0.25) is 25.1 Å². The monoisotopic (exact) mass is 377 g/mol. The van der Waals surface area contributed by atoms with Crippen molar-refractivity contribution in [1.82, 2.24) is 15.1 Å². The van der Waals surface area contributed by atoms with E-state index in [0.29, 0.717) is 5.13 Å². The Morgan fingerprint density at radius 3 is 2.81 bits per heavy atom. The van der Waals surface area contributed by atoms with Crippen molar-refractivity contribution >= 4 is 28.1 Å². The summed E-state index contributed by atoms with van der Waals surface area (Å²) < 4.78 is 4.94. The highest BCUT2D eigenvalue weighted by molar-refractivity contribution is 7.15. The molecule has 0 spiro atoms. The van der Waals surface area contributed by atoms with Crippen LogP contribution >= 0.6 is 11.3 Å². The van der Waals surface area contributed by atoms with E-state index >= 15 is 0 Å². The van der Waals surface area contributed by atoms with Crippen molar-refractivity contribution < 1.29 is 14.5 Å². The average Bonchev–Trinajstić information content (AvgIpc) is 3.08. The van der Waals surface area contributed by atoms with Gasteiger partial charge in [-0.2, -0.15) is 0 Å². The molecular weight excluding hydrogens is 358 g/mol. The van der Waals surface area contributed by atoms with Crippen LogP contribution in [0.15, 0.2) is 18.2 Å². The number of nitro benzene ring substituents is 1. The topological polar surface area (TPSA) is 110 Å². The lowest BCUT2D eigenvalue weighted by Crippen LogP contribution is -2.28. The lowest BCUT2D eigenvalue weighted by atomic mass is 10.1. The Morgan fingerprint density at radius 2 is 2.12 bits per heavy atom. The molecule has 1 N–H and O–H groups in total. The Hall–Kier alpha value is -2.59. The van der Waals surface area contributed by atoms with E-state index in [4.69, 9.17) is 4.74 Å². The van der Waals surface area contributed by atoms with E-state index in [1.165, 1.54) is 55.9 Å². The van der Waals surface area contributed by atoms with E-state index < -0.39 is 10.8 Å². The second kappa shape index (κ2) is 8.19. The van der Waals surface area contributed by atoms with Crippen molar-refractivity contribution in [2.75, 3.05) is 25.5 Å². The lowest BCUT2D eigenvalue weighted by molar-refractivity contribution is -0.385. The maximum absolute atomic E-state index is 12.3. The molecule has 1 saturated heterocycles. The van der Waals surface area contributed by atoms with Gasteiger partial charge in [-0.15, -0.1) is 10.2 Å². The van der Waals surface area contributed by atoms with Crippen LogP contribution in [0.25, 0.3) is 0 Å². The highest BCUT2D eigenvalue weighted by Crippen LogP contribution is 2.28. The summed E-state index contributed by atoms with van der Waals surface area (Å²) in [5, 5.41) is 23.0. The summed E-state index contributed by atoms with van der Waals surface area (Å²) in [5.41, 5.74) is -0.103. The molecule has 3 rings (SSSR count). The Labute approximate surface area is 154 Å². The molecule has 0 aliphatic carbocycles. The fourth-order valence-electron chi connectivity index (χ4n) is 2.82. The standard InChI is InChI=1S/C16H19N5O4S/c1-25-13-6-5-11(9-12(13)21(23)24)15(22)17-16-19-18-14(26-16)10-20-7-3-2-4-8-20/h5-6,9H,2-4,7-8,10H2,1H3,(H,17,19,22). The van der Waals surface area contributed by atoms with Crippen LogP contribution in [0.4, 0.5) is 10.8 Å². The van der Waals surface area contributed by atoms with Crippen LogP contribution in [-0.2, 0) is 6.54 Å². The third-order valence-corrected chi connectivity index (χ3v) is 4.96. The van der Waals surface area contributed by atoms with Crippen molar-refractivity contribution in [3.05, 3.63) is 38.9 Å². The first kappa shape index (κ1) is 18.2. The molecule has 0 saturated carbocycles. The number of likely N-dealkylation sites (tertiary alicyclic amines) is 1. The number of carbonyl (C=O) groups is 1. The summed E-state index contributed by atoms with van der Waals surface area (Å²) in [6.45, 7) is 2.83. The maximum atomic E-state index is 12.3. The summed E-state index contributed by atoms with van der Waals surface area (Å²) in [7, 11) is 1.34. The molecule has 0 bridgehead atoms. The number of nitrogens with one attached hydrogen (secondary N) is 1. The number of rotatable bonds is 6. The highest BCUT2D eigenvalue weighted by atomic mass is 32.1. The van der Waals surface area contributed by atoms with Crippen molar-refractivity contribution in [1.29, 1.82) is 0 Å². The number of nitro groups is 1. The average molecular weight is 377 g/mol. The Kier molecular flexibility index (Phi) is 5.74. The molecule has 1 fully saturated rings. The minimum atomic E-state index is -0.586. The van der Waals surface area contributed by atoms with Gasteiger partial charge in [0.05, 0.1) is 18.6 Å². The van der Waals surface area contributed by atoms with Crippen molar-refractivity contribution in [3.8, 4) is 5.75 Å². The molecule has 0 radical (unpaired) electrons. The van der Waals surface area contributed by atoms with E-state index in [2.05, 4.69) is 20.4 Å². The minimum Gasteiger partial charge on any atom is -0.490 e. The summed E-state index contributed by atoms with van der Waals surface area (Å²) >= 11 is 1.31. The zero-order valence-electron chi connectivity index (χ0n) is 14.3. The highest BCUT2D eigenvalue weighted by Gasteiger charge is 2.19. The van der Waals surface area contributed by atoms with Crippen molar-refractivity contribution in [2.24, 2.45) is 0 Å². The van der Waals surface area contributed by atoms with Gasteiger partial charge in [-0.25, -0.2) is 0 Å². The molecule has 10 heteroatoms. The van der Waals surface area contributed by atoms with Gasteiger partial charge < -0.3 is 4.74 Å². The first-order valence-corrected chi connectivity index (χ1v) is 9.07. The first-order chi connectivity index (χ1) is 12.6. The van der Waals surface area contributed by atoms with Crippen LogP contribution in [0.3, 0.4) is 0 Å². The number of amides is 1. The summed E-state index contributed by atoms with van der Waals surface area (Å²) in [4.78, 5) is 25.2. The van der Waals surface area contributed by atoms with Crippen molar-refractivity contribution in [3.63, 3.8) is 0 Å². The van der Waals surface area contributed by atoms with Gasteiger partial charge in [0.1, 0.15) is 5.01 Å². The first-order valence-electron chi connectivity index (χ1n) is 8.25. The molecule has 1 aliphatic rings. The van der Waals surface area contributed by atoms with Gasteiger partial charge in [-0.1, -0.05) is 17.8 Å². The number of hydrogen-bond donors (Lipinski definition) is 1. The number of ether oxygens (including phenoxy) is 1. The van der Waals surface area contributed by atoms with Crippen LogP contribution in [-0.4, -0.2) is 46.1 Å². The molecule has 0 unspecified atom stereocenters. The number of aromatic nitrogens is 2. The normalized spacial score (nSPS) is 14.8.